The van der Waals surface area contributed by atoms with E-state index < -0.39 is 10.0 Å². The highest BCUT2D eigenvalue weighted by Crippen LogP contribution is 2.23. The highest BCUT2D eigenvalue weighted by Gasteiger charge is 2.19. The molecule has 10 heteroatoms. The van der Waals surface area contributed by atoms with Gasteiger partial charge in [0.15, 0.2) is 5.96 Å². The molecule has 0 spiro atoms. The summed E-state index contributed by atoms with van der Waals surface area (Å²) < 4.78 is 31.7. The molecule has 1 aromatic heterocycles. The molecular weight excluding hydrogens is 535 g/mol. The maximum absolute atomic E-state index is 12.1. The van der Waals surface area contributed by atoms with E-state index in [4.69, 9.17) is 4.74 Å². The van der Waals surface area contributed by atoms with Gasteiger partial charge in [0.1, 0.15) is 4.21 Å². The van der Waals surface area contributed by atoms with Crippen LogP contribution in [0.1, 0.15) is 29.9 Å². The molecule has 0 aliphatic rings. The van der Waals surface area contributed by atoms with Crippen molar-refractivity contribution >= 4 is 51.3 Å². The number of hydrogen-bond acceptors (Lipinski definition) is 5. The third-order valence-electron chi connectivity index (χ3n) is 4.28. The monoisotopic (exact) mass is 566 g/mol. The van der Waals surface area contributed by atoms with Crippen LogP contribution >= 0.6 is 35.3 Å². The van der Waals surface area contributed by atoms with Crippen LogP contribution in [0.4, 0.5) is 0 Å². The summed E-state index contributed by atoms with van der Waals surface area (Å²) in [5.74, 6) is 0.673. The summed E-state index contributed by atoms with van der Waals surface area (Å²) in [7, 11) is 1.39. The Hall–Kier alpha value is -1.21. The lowest BCUT2D eigenvalue weighted by Crippen LogP contribution is -2.37. The first-order valence-electron chi connectivity index (χ1n) is 9.47. The second-order valence-electron chi connectivity index (χ2n) is 6.64. The lowest BCUT2D eigenvalue weighted by molar-refractivity contribution is 0.0646. The third-order valence-corrected chi connectivity index (χ3v) is 7.64. The Bertz CT molecular complexity index is 886. The summed E-state index contributed by atoms with van der Waals surface area (Å²) in [4.78, 5) is 5.12. The second-order valence-corrected chi connectivity index (χ2v) is 10.2. The molecule has 30 heavy (non-hydrogen) atoms. The summed E-state index contributed by atoms with van der Waals surface area (Å²) in [6.07, 6.45) is 0.919. The van der Waals surface area contributed by atoms with Crippen molar-refractivity contribution in [2.75, 3.05) is 34.3 Å². The summed E-state index contributed by atoms with van der Waals surface area (Å²) in [5.41, 5.74) is 1.17. The summed E-state index contributed by atoms with van der Waals surface area (Å²) in [5, 5.41) is 6.45. The standard InChI is InChI=1S/C20H30N4O3S2.HI/c1-16(17-9-6-5-7-10-17)27-14-8-13-22-20(21-2)23-15-18-11-12-19(28-18)29(25,26)24(3)4;/h5-7,9-12,16H,8,13-15H2,1-4H3,(H2,21,22,23);1H. The summed E-state index contributed by atoms with van der Waals surface area (Å²) >= 11 is 1.26. The number of nitrogens with zero attached hydrogens (tertiary/aromatic N) is 2. The number of halogens is 1. The Labute approximate surface area is 201 Å². The minimum atomic E-state index is -3.38. The highest BCUT2D eigenvalue weighted by atomic mass is 127. The van der Waals surface area contributed by atoms with Crippen molar-refractivity contribution in [2.45, 2.75) is 30.2 Å². The molecule has 0 fully saturated rings. The number of aliphatic imine (C=N–C) groups is 1. The molecule has 2 N–H and O–H groups in total. The molecule has 0 aliphatic carbocycles. The fraction of sp³-hybridized carbons (Fsp3) is 0.450. The van der Waals surface area contributed by atoms with E-state index in [1.807, 2.05) is 24.3 Å². The van der Waals surface area contributed by atoms with Crippen molar-refractivity contribution < 1.29 is 13.2 Å². The minimum Gasteiger partial charge on any atom is -0.374 e. The predicted octanol–water partition coefficient (Wildman–Crippen LogP) is 3.45. The average Bonchev–Trinajstić information content (AvgIpc) is 3.20. The number of ether oxygens (including phenoxy) is 1. The summed E-state index contributed by atoms with van der Waals surface area (Å²) in [6.45, 7) is 3.94. The minimum absolute atomic E-state index is 0. The molecule has 0 bridgehead atoms. The van der Waals surface area contributed by atoms with Gasteiger partial charge in [-0.15, -0.1) is 35.3 Å². The summed E-state index contributed by atoms with van der Waals surface area (Å²) in [6, 6.07) is 13.6. The normalized spacial score (nSPS) is 13.0. The van der Waals surface area contributed by atoms with Crippen LogP contribution in [0.5, 0.6) is 0 Å². The molecule has 2 rings (SSSR count). The first-order chi connectivity index (χ1) is 13.8. The molecule has 168 valence electrons. The van der Waals surface area contributed by atoms with Gasteiger partial charge in [0.2, 0.25) is 0 Å². The van der Waals surface area contributed by atoms with E-state index in [1.165, 1.54) is 35.3 Å². The van der Waals surface area contributed by atoms with Crippen molar-refractivity contribution in [1.82, 2.24) is 14.9 Å². The zero-order valence-electron chi connectivity index (χ0n) is 17.8. The number of guanidine groups is 1. The lowest BCUT2D eigenvalue weighted by atomic mass is 10.1. The first kappa shape index (κ1) is 26.8. The fourth-order valence-corrected chi connectivity index (χ4v) is 4.99. The van der Waals surface area contributed by atoms with E-state index in [9.17, 15) is 8.42 Å². The third kappa shape index (κ3) is 8.14. The van der Waals surface area contributed by atoms with Gasteiger partial charge in [-0.25, -0.2) is 12.7 Å². The molecule has 1 heterocycles. The van der Waals surface area contributed by atoms with Gasteiger partial charge >= 0.3 is 0 Å². The number of sulfonamides is 1. The first-order valence-corrected chi connectivity index (χ1v) is 11.7. The van der Waals surface area contributed by atoms with E-state index in [2.05, 4.69) is 34.7 Å². The van der Waals surface area contributed by atoms with Crippen LogP contribution in [-0.2, 0) is 21.3 Å². The van der Waals surface area contributed by atoms with Crippen molar-refractivity contribution in [1.29, 1.82) is 0 Å². The van der Waals surface area contributed by atoms with Gasteiger partial charge in [0.05, 0.1) is 12.6 Å². The van der Waals surface area contributed by atoms with E-state index in [1.54, 1.807) is 13.1 Å². The quantitative estimate of drug-likeness (QED) is 0.199. The van der Waals surface area contributed by atoms with Gasteiger partial charge in [-0.1, -0.05) is 30.3 Å². The number of nitrogens with one attached hydrogen (secondary N) is 2. The molecule has 1 aromatic carbocycles. The highest BCUT2D eigenvalue weighted by molar-refractivity contribution is 14.0. The van der Waals surface area contributed by atoms with Crippen molar-refractivity contribution in [2.24, 2.45) is 4.99 Å². The second kappa shape index (κ2) is 13.3. The van der Waals surface area contributed by atoms with Crippen molar-refractivity contribution in [3.8, 4) is 0 Å². The number of benzene rings is 1. The van der Waals surface area contributed by atoms with Gasteiger partial charge in [-0.3, -0.25) is 4.99 Å². The molecule has 2 aromatic rings. The topological polar surface area (TPSA) is 83.0 Å². The molecule has 1 atom stereocenters. The van der Waals surface area contributed by atoms with Gasteiger partial charge < -0.3 is 15.4 Å². The number of hydrogen-bond donors (Lipinski definition) is 2. The molecule has 7 nitrogen and oxygen atoms in total. The van der Waals surface area contributed by atoms with Gasteiger partial charge in [-0.2, -0.15) is 0 Å². The molecule has 0 aliphatic heterocycles. The fourth-order valence-electron chi connectivity index (χ4n) is 2.52. The van der Waals surface area contributed by atoms with Gasteiger partial charge in [0.25, 0.3) is 10.0 Å². The van der Waals surface area contributed by atoms with Crippen molar-refractivity contribution in [3.63, 3.8) is 0 Å². The number of thiophene rings is 1. The Morgan fingerprint density at radius 1 is 1.17 bits per heavy atom. The van der Waals surface area contributed by atoms with Crippen LogP contribution in [-0.4, -0.2) is 53.0 Å². The van der Waals surface area contributed by atoms with Gasteiger partial charge in [-0.05, 0) is 31.0 Å². The van der Waals surface area contributed by atoms with Crippen LogP contribution in [0, 0.1) is 0 Å². The smallest absolute Gasteiger partial charge is 0.252 e. The molecule has 1 unspecified atom stereocenters. The average molecular weight is 567 g/mol. The van der Waals surface area contributed by atoms with Crippen LogP contribution < -0.4 is 10.6 Å². The van der Waals surface area contributed by atoms with Crippen LogP contribution in [0.15, 0.2) is 51.7 Å². The van der Waals surface area contributed by atoms with E-state index in [0.717, 1.165) is 17.8 Å². The molecule has 0 amide bonds. The Morgan fingerprint density at radius 3 is 2.50 bits per heavy atom. The molecule has 0 saturated carbocycles. The van der Waals surface area contributed by atoms with E-state index >= 15 is 0 Å². The Morgan fingerprint density at radius 2 is 1.87 bits per heavy atom. The number of rotatable bonds is 10. The zero-order chi connectivity index (χ0) is 21.3. The molecular formula is C20H31IN4O3S2. The van der Waals surface area contributed by atoms with Crippen molar-refractivity contribution in [3.05, 3.63) is 52.9 Å². The van der Waals surface area contributed by atoms with Crippen LogP contribution in [0.3, 0.4) is 0 Å². The Kier molecular flexibility index (Phi) is 11.9. The SMILES string of the molecule is CN=C(NCCCOC(C)c1ccccc1)NCc1ccc(S(=O)(=O)N(C)C)s1.I. The largest absolute Gasteiger partial charge is 0.374 e. The van der Waals surface area contributed by atoms with Gasteiger partial charge in [0, 0.05) is 39.2 Å². The van der Waals surface area contributed by atoms with Crippen LogP contribution in [0.25, 0.3) is 0 Å². The molecule has 0 saturated heterocycles. The van der Waals surface area contributed by atoms with E-state index in [0.29, 0.717) is 23.3 Å². The maximum atomic E-state index is 12.1. The zero-order valence-corrected chi connectivity index (χ0v) is 21.8. The lowest BCUT2D eigenvalue weighted by Gasteiger charge is -2.14. The predicted molar refractivity (Wildman–Crippen MR) is 134 cm³/mol. The van der Waals surface area contributed by atoms with Crippen LogP contribution in [0.2, 0.25) is 0 Å². The van der Waals surface area contributed by atoms with E-state index in [-0.39, 0.29) is 30.1 Å². The Balaban J connectivity index is 0.00000450. The maximum Gasteiger partial charge on any atom is 0.252 e. The molecule has 0 radical (unpaired) electrons.